The zero-order chi connectivity index (χ0) is 17.4. The van der Waals surface area contributed by atoms with Crippen molar-refractivity contribution in [2.45, 2.75) is 6.92 Å². The van der Waals surface area contributed by atoms with Crippen LogP contribution in [0.25, 0.3) is 22.0 Å². The molecule has 0 unspecified atom stereocenters. The third-order valence-corrected chi connectivity index (χ3v) is 4.31. The number of fused-ring (bicyclic) bond motifs is 2. The molecule has 6 heteroatoms. The number of H-pyrrole nitrogens is 1. The summed E-state index contributed by atoms with van der Waals surface area (Å²) in [5, 5.41) is 0.895. The summed E-state index contributed by atoms with van der Waals surface area (Å²) in [6.45, 7) is 2.98. The van der Waals surface area contributed by atoms with Crippen LogP contribution in [0.5, 0.6) is 11.5 Å². The molecule has 5 nitrogen and oxygen atoms in total. The number of nitrogens with one attached hydrogen (secondary N) is 1. The van der Waals surface area contributed by atoms with Crippen molar-refractivity contribution >= 4 is 33.6 Å². The summed E-state index contributed by atoms with van der Waals surface area (Å²) < 4.78 is 11.1. The van der Waals surface area contributed by atoms with E-state index in [9.17, 15) is 4.79 Å². The van der Waals surface area contributed by atoms with Gasteiger partial charge >= 0.3 is 0 Å². The van der Waals surface area contributed by atoms with E-state index < -0.39 is 0 Å². The van der Waals surface area contributed by atoms with E-state index in [-0.39, 0.29) is 5.56 Å². The van der Waals surface area contributed by atoms with Gasteiger partial charge < -0.3 is 14.5 Å². The second kappa shape index (κ2) is 6.26. The third kappa shape index (κ3) is 2.98. The molecule has 0 atom stereocenters. The normalized spacial score (nSPS) is 13.9. The van der Waals surface area contributed by atoms with E-state index in [2.05, 4.69) is 9.97 Å². The van der Waals surface area contributed by atoms with Crippen molar-refractivity contribution in [2.75, 3.05) is 13.2 Å². The van der Waals surface area contributed by atoms with E-state index in [4.69, 9.17) is 21.1 Å². The van der Waals surface area contributed by atoms with Gasteiger partial charge in [0.25, 0.3) is 5.56 Å². The molecular weight excluding hydrogens is 340 g/mol. The van der Waals surface area contributed by atoms with Gasteiger partial charge in [-0.25, -0.2) is 4.98 Å². The number of rotatable bonds is 2. The first-order valence-electron chi connectivity index (χ1n) is 7.89. The van der Waals surface area contributed by atoms with Crippen molar-refractivity contribution in [1.82, 2.24) is 9.97 Å². The second-order valence-electron chi connectivity index (χ2n) is 5.78. The lowest BCUT2D eigenvalue weighted by atomic mass is 10.1. The van der Waals surface area contributed by atoms with Crippen LogP contribution in [0.2, 0.25) is 0 Å². The molecule has 0 radical (unpaired) electrons. The Balaban J connectivity index is 1.77. The maximum atomic E-state index is 12.3. The molecule has 2 aromatic carbocycles. The lowest BCUT2D eigenvalue weighted by Gasteiger charge is -2.18. The van der Waals surface area contributed by atoms with Crippen LogP contribution in [0.1, 0.15) is 17.0 Å². The Hall–Kier alpha value is -2.79. The Morgan fingerprint density at radius 1 is 1.20 bits per heavy atom. The molecule has 1 aromatic heterocycles. The average molecular weight is 355 g/mol. The number of aromatic nitrogens is 2. The van der Waals surface area contributed by atoms with Crippen LogP contribution < -0.4 is 15.0 Å². The van der Waals surface area contributed by atoms with Crippen molar-refractivity contribution < 1.29 is 9.47 Å². The molecular formula is C19H15ClN2O3. The van der Waals surface area contributed by atoms with Gasteiger partial charge in [-0.15, -0.1) is 0 Å². The number of para-hydroxylation sites is 1. The second-order valence-corrected chi connectivity index (χ2v) is 6.19. The molecule has 126 valence electrons. The summed E-state index contributed by atoms with van der Waals surface area (Å²) in [5.41, 5.74) is 2.20. The molecule has 1 aliphatic rings. The Kier molecular flexibility index (Phi) is 3.93. The van der Waals surface area contributed by atoms with Crippen LogP contribution in [-0.2, 0) is 0 Å². The van der Waals surface area contributed by atoms with Gasteiger partial charge in [-0.2, -0.15) is 0 Å². The summed E-state index contributed by atoms with van der Waals surface area (Å²) >= 11 is 6.41. The zero-order valence-corrected chi connectivity index (χ0v) is 14.3. The summed E-state index contributed by atoms with van der Waals surface area (Å²) in [6, 6.07) is 11.1. The number of hydrogen-bond donors (Lipinski definition) is 1. The fourth-order valence-electron chi connectivity index (χ4n) is 2.78. The van der Waals surface area contributed by atoms with Gasteiger partial charge in [0.05, 0.1) is 15.9 Å². The SMILES string of the molecule is Cc1cccc2c(=O)[nH]c(C(Cl)=Cc3ccc4c(c3)OCCO4)nc12. The number of benzene rings is 2. The highest BCUT2D eigenvalue weighted by molar-refractivity contribution is 6.50. The zero-order valence-electron chi connectivity index (χ0n) is 13.5. The van der Waals surface area contributed by atoms with Crippen LogP contribution in [0.3, 0.4) is 0 Å². The van der Waals surface area contributed by atoms with E-state index in [1.807, 2.05) is 37.3 Å². The minimum atomic E-state index is -0.211. The molecule has 25 heavy (non-hydrogen) atoms. The molecule has 2 heterocycles. The molecule has 0 amide bonds. The van der Waals surface area contributed by atoms with Gasteiger partial charge in [0.1, 0.15) is 13.2 Å². The van der Waals surface area contributed by atoms with Gasteiger partial charge in [0.15, 0.2) is 17.3 Å². The number of aromatic amines is 1. The van der Waals surface area contributed by atoms with Crippen LogP contribution in [0, 0.1) is 6.92 Å². The lowest BCUT2D eigenvalue weighted by molar-refractivity contribution is 0.171. The van der Waals surface area contributed by atoms with E-state index in [0.717, 1.165) is 11.1 Å². The first kappa shape index (κ1) is 15.7. The Bertz CT molecular complexity index is 1060. The standard InChI is InChI=1S/C19H15ClN2O3/c1-11-3-2-4-13-17(11)21-18(22-19(13)23)14(20)9-12-5-6-15-16(10-12)25-8-7-24-15/h2-6,9-10H,7-8H2,1H3,(H,21,22,23). The molecule has 0 fully saturated rings. The predicted octanol–water partition coefficient (Wildman–Crippen LogP) is 3.74. The summed E-state index contributed by atoms with van der Waals surface area (Å²) in [6.07, 6.45) is 1.74. The number of aryl methyl sites for hydroxylation is 1. The molecule has 0 saturated carbocycles. The Morgan fingerprint density at radius 3 is 2.84 bits per heavy atom. The summed E-state index contributed by atoms with van der Waals surface area (Å²) in [7, 11) is 0. The molecule has 0 aliphatic carbocycles. The first-order valence-corrected chi connectivity index (χ1v) is 8.26. The van der Waals surface area contributed by atoms with Crippen molar-refractivity contribution in [3.8, 4) is 11.5 Å². The number of ether oxygens (including phenoxy) is 2. The minimum Gasteiger partial charge on any atom is -0.486 e. The topological polar surface area (TPSA) is 64.2 Å². The van der Waals surface area contributed by atoms with Crippen molar-refractivity contribution in [3.63, 3.8) is 0 Å². The van der Waals surface area contributed by atoms with E-state index in [0.29, 0.717) is 46.5 Å². The van der Waals surface area contributed by atoms with Crippen molar-refractivity contribution in [3.05, 3.63) is 63.7 Å². The third-order valence-electron chi connectivity index (χ3n) is 4.02. The quantitative estimate of drug-likeness (QED) is 0.761. The van der Waals surface area contributed by atoms with Gasteiger partial charge in [-0.3, -0.25) is 4.79 Å². The highest BCUT2D eigenvalue weighted by Crippen LogP contribution is 2.32. The minimum absolute atomic E-state index is 0.211. The van der Waals surface area contributed by atoms with E-state index >= 15 is 0 Å². The average Bonchev–Trinajstić information content (AvgIpc) is 2.62. The molecule has 0 bridgehead atoms. The Labute approximate surface area is 148 Å². The number of hydrogen-bond acceptors (Lipinski definition) is 4. The number of halogens is 1. The highest BCUT2D eigenvalue weighted by Gasteiger charge is 2.12. The van der Waals surface area contributed by atoms with Gasteiger partial charge in [-0.05, 0) is 42.3 Å². The molecule has 3 aromatic rings. The summed E-state index contributed by atoms with van der Waals surface area (Å²) in [5.74, 6) is 1.73. The largest absolute Gasteiger partial charge is 0.486 e. The van der Waals surface area contributed by atoms with Gasteiger partial charge in [0, 0.05) is 0 Å². The fourth-order valence-corrected chi connectivity index (χ4v) is 3.00. The monoisotopic (exact) mass is 354 g/mol. The maximum Gasteiger partial charge on any atom is 0.259 e. The summed E-state index contributed by atoms with van der Waals surface area (Å²) in [4.78, 5) is 19.5. The smallest absolute Gasteiger partial charge is 0.259 e. The van der Waals surface area contributed by atoms with Crippen molar-refractivity contribution in [1.29, 1.82) is 0 Å². The van der Waals surface area contributed by atoms with E-state index in [1.165, 1.54) is 0 Å². The van der Waals surface area contributed by atoms with Crippen molar-refractivity contribution in [2.24, 2.45) is 0 Å². The molecule has 0 spiro atoms. The molecule has 1 aliphatic heterocycles. The fraction of sp³-hybridized carbons (Fsp3) is 0.158. The molecule has 1 N–H and O–H groups in total. The highest BCUT2D eigenvalue weighted by atomic mass is 35.5. The first-order chi connectivity index (χ1) is 12.1. The van der Waals surface area contributed by atoms with Crippen LogP contribution in [-0.4, -0.2) is 23.2 Å². The maximum absolute atomic E-state index is 12.3. The predicted molar refractivity (Wildman–Crippen MR) is 98.3 cm³/mol. The van der Waals surface area contributed by atoms with E-state index in [1.54, 1.807) is 12.1 Å². The number of nitrogens with zero attached hydrogens (tertiary/aromatic N) is 1. The van der Waals surface area contributed by atoms with Crippen LogP contribution >= 0.6 is 11.6 Å². The van der Waals surface area contributed by atoms with Crippen LogP contribution in [0.15, 0.2) is 41.2 Å². The Morgan fingerprint density at radius 2 is 2.00 bits per heavy atom. The van der Waals surface area contributed by atoms with Crippen LogP contribution in [0.4, 0.5) is 0 Å². The van der Waals surface area contributed by atoms with Gasteiger partial charge in [0.2, 0.25) is 0 Å². The molecule has 4 rings (SSSR count). The lowest BCUT2D eigenvalue weighted by Crippen LogP contribution is -2.15. The van der Waals surface area contributed by atoms with Gasteiger partial charge in [-0.1, -0.05) is 29.8 Å². The molecule has 0 saturated heterocycles.